The number of nitrogens with one attached hydrogen (secondary N) is 2. The zero-order valence-corrected chi connectivity index (χ0v) is 18.1. The molecule has 1 aliphatic carbocycles. The number of alkyl carbamates (subject to hydrolysis) is 1. The Labute approximate surface area is 194 Å². The molecule has 34 heavy (non-hydrogen) atoms. The molecule has 0 saturated heterocycles. The third-order valence-electron chi connectivity index (χ3n) is 5.61. The second-order valence-corrected chi connectivity index (χ2v) is 7.68. The molecular weight excluding hydrogens is 442 g/mol. The number of aliphatic hydroxyl groups is 1. The maximum absolute atomic E-state index is 12.4. The molecule has 4 rings (SSSR count). The van der Waals surface area contributed by atoms with Gasteiger partial charge in [-0.3, -0.25) is 4.79 Å². The van der Waals surface area contributed by atoms with Crippen LogP contribution in [0.2, 0.25) is 0 Å². The number of ether oxygens (including phenoxy) is 1. The van der Waals surface area contributed by atoms with Gasteiger partial charge in [-0.05, 0) is 22.3 Å². The van der Waals surface area contributed by atoms with Gasteiger partial charge in [-0.1, -0.05) is 48.5 Å². The fourth-order valence-electron chi connectivity index (χ4n) is 4.00. The molecule has 4 N–H and O–H groups in total. The highest BCUT2D eigenvalue weighted by molar-refractivity contribution is 5.95. The summed E-state index contributed by atoms with van der Waals surface area (Å²) in [6.45, 7) is -0.464. The Morgan fingerprint density at radius 3 is 2.32 bits per heavy atom. The first-order valence-corrected chi connectivity index (χ1v) is 10.6. The van der Waals surface area contributed by atoms with Gasteiger partial charge in [0, 0.05) is 18.9 Å². The van der Waals surface area contributed by atoms with E-state index in [4.69, 9.17) is 19.4 Å². The monoisotopic (exact) mass is 465 g/mol. The number of aromatic nitrogens is 1. The Morgan fingerprint density at radius 1 is 1.06 bits per heavy atom. The predicted octanol–water partition coefficient (Wildman–Crippen LogP) is 2.28. The number of hydrogen-bond acceptors (Lipinski definition) is 7. The second kappa shape index (κ2) is 10.2. The summed E-state index contributed by atoms with van der Waals surface area (Å²) < 4.78 is 10.6. The van der Waals surface area contributed by atoms with Crippen molar-refractivity contribution in [3.8, 4) is 11.1 Å². The highest BCUT2D eigenvalue weighted by atomic mass is 16.5. The zero-order valence-electron chi connectivity index (χ0n) is 18.1. The average molecular weight is 465 g/mol. The SMILES string of the molecule is O=C(NCc1ocnc1C(=O)N[C@@H](CCO)C(=O)O)OCC1c2ccccc2-c2ccccc21. The van der Waals surface area contributed by atoms with Gasteiger partial charge in [0.1, 0.15) is 12.6 Å². The molecule has 2 aromatic carbocycles. The van der Waals surface area contributed by atoms with E-state index >= 15 is 0 Å². The van der Waals surface area contributed by atoms with Gasteiger partial charge in [0.05, 0.1) is 6.54 Å². The molecule has 10 heteroatoms. The number of amides is 2. The maximum Gasteiger partial charge on any atom is 0.407 e. The first kappa shape index (κ1) is 23.0. The van der Waals surface area contributed by atoms with E-state index in [1.807, 2.05) is 48.5 Å². The number of carbonyl (C=O) groups is 3. The number of nitrogens with zero attached hydrogens (tertiary/aromatic N) is 1. The summed E-state index contributed by atoms with van der Waals surface area (Å²) in [5, 5.41) is 22.9. The van der Waals surface area contributed by atoms with Crippen molar-refractivity contribution in [1.82, 2.24) is 15.6 Å². The fraction of sp³-hybridized carbons (Fsp3) is 0.250. The van der Waals surface area contributed by atoms with Crippen molar-refractivity contribution in [2.24, 2.45) is 0 Å². The molecule has 1 atom stereocenters. The fourth-order valence-corrected chi connectivity index (χ4v) is 4.00. The van der Waals surface area contributed by atoms with Crippen LogP contribution >= 0.6 is 0 Å². The van der Waals surface area contributed by atoms with Crippen molar-refractivity contribution in [2.45, 2.75) is 24.9 Å². The Hall–Kier alpha value is -4.18. The van der Waals surface area contributed by atoms with Crippen molar-refractivity contribution in [3.63, 3.8) is 0 Å². The van der Waals surface area contributed by atoms with Crippen molar-refractivity contribution >= 4 is 18.0 Å². The molecule has 0 fully saturated rings. The number of carboxylic acids is 1. The van der Waals surface area contributed by atoms with Gasteiger partial charge in [0.15, 0.2) is 17.8 Å². The molecule has 176 valence electrons. The molecule has 1 aliphatic rings. The van der Waals surface area contributed by atoms with Crippen LogP contribution in [0, 0.1) is 0 Å². The van der Waals surface area contributed by atoms with Crippen LogP contribution in [0.3, 0.4) is 0 Å². The van der Waals surface area contributed by atoms with Gasteiger partial charge in [-0.2, -0.15) is 0 Å². The first-order valence-electron chi connectivity index (χ1n) is 10.6. The summed E-state index contributed by atoms with van der Waals surface area (Å²) in [5.41, 5.74) is 4.24. The lowest BCUT2D eigenvalue weighted by molar-refractivity contribution is -0.139. The summed E-state index contributed by atoms with van der Waals surface area (Å²) in [6.07, 6.45) is 0.158. The Balaban J connectivity index is 1.35. The van der Waals surface area contributed by atoms with Gasteiger partial charge in [-0.15, -0.1) is 0 Å². The number of aliphatic carboxylic acids is 1. The summed E-state index contributed by atoms with van der Waals surface area (Å²) in [5.74, 6) is -2.13. The smallest absolute Gasteiger partial charge is 0.407 e. The number of benzene rings is 2. The van der Waals surface area contributed by atoms with Crippen molar-refractivity contribution < 1.29 is 33.8 Å². The number of oxazole rings is 1. The number of aliphatic hydroxyl groups excluding tert-OH is 1. The molecule has 0 unspecified atom stereocenters. The van der Waals surface area contributed by atoms with E-state index < -0.39 is 30.6 Å². The van der Waals surface area contributed by atoms with Crippen LogP contribution in [0.15, 0.2) is 59.3 Å². The molecule has 1 heterocycles. The van der Waals surface area contributed by atoms with E-state index in [0.717, 1.165) is 28.6 Å². The van der Waals surface area contributed by atoms with E-state index in [0.29, 0.717) is 0 Å². The first-order chi connectivity index (χ1) is 16.5. The highest BCUT2D eigenvalue weighted by Gasteiger charge is 2.29. The molecule has 10 nitrogen and oxygen atoms in total. The van der Waals surface area contributed by atoms with Crippen LogP contribution < -0.4 is 10.6 Å². The van der Waals surface area contributed by atoms with E-state index in [9.17, 15) is 14.4 Å². The minimum atomic E-state index is -1.29. The van der Waals surface area contributed by atoms with Gasteiger partial charge in [0.25, 0.3) is 5.91 Å². The van der Waals surface area contributed by atoms with E-state index in [-0.39, 0.29) is 36.9 Å². The third-order valence-corrected chi connectivity index (χ3v) is 5.61. The van der Waals surface area contributed by atoms with Crippen molar-refractivity contribution in [3.05, 3.63) is 77.5 Å². The molecule has 0 bridgehead atoms. The molecule has 3 aromatic rings. The molecule has 0 saturated carbocycles. The Morgan fingerprint density at radius 2 is 1.71 bits per heavy atom. The Kier molecular flexibility index (Phi) is 6.88. The maximum atomic E-state index is 12.4. The van der Waals surface area contributed by atoms with E-state index in [2.05, 4.69) is 15.6 Å². The topological polar surface area (TPSA) is 151 Å². The van der Waals surface area contributed by atoms with Crippen LogP contribution in [-0.2, 0) is 16.1 Å². The van der Waals surface area contributed by atoms with Crippen LogP contribution in [-0.4, -0.2) is 52.4 Å². The summed E-state index contributed by atoms with van der Waals surface area (Å²) >= 11 is 0. The van der Waals surface area contributed by atoms with Crippen molar-refractivity contribution in [1.29, 1.82) is 0 Å². The second-order valence-electron chi connectivity index (χ2n) is 7.68. The molecule has 1 aromatic heterocycles. The minimum Gasteiger partial charge on any atom is -0.480 e. The molecule has 0 aliphatic heterocycles. The van der Waals surface area contributed by atoms with Crippen LogP contribution in [0.25, 0.3) is 11.1 Å². The molecule has 2 amide bonds. The number of carbonyl (C=O) groups excluding carboxylic acids is 2. The lowest BCUT2D eigenvalue weighted by atomic mass is 9.98. The third kappa shape index (κ3) is 4.76. The van der Waals surface area contributed by atoms with Gasteiger partial charge in [0.2, 0.25) is 0 Å². The lowest BCUT2D eigenvalue weighted by Crippen LogP contribution is -2.42. The van der Waals surface area contributed by atoms with E-state index in [1.54, 1.807) is 0 Å². The van der Waals surface area contributed by atoms with Crippen LogP contribution in [0.4, 0.5) is 4.79 Å². The van der Waals surface area contributed by atoms with Gasteiger partial charge >= 0.3 is 12.1 Å². The predicted molar refractivity (Wildman–Crippen MR) is 119 cm³/mol. The summed E-state index contributed by atoms with van der Waals surface area (Å²) in [4.78, 5) is 39.7. The summed E-state index contributed by atoms with van der Waals surface area (Å²) in [7, 11) is 0. The Bertz CT molecular complexity index is 1160. The number of fused-ring (bicyclic) bond motifs is 3. The largest absolute Gasteiger partial charge is 0.480 e. The summed E-state index contributed by atoms with van der Waals surface area (Å²) in [6, 6.07) is 14.7. The van der Waals surface area contributed by atoms with E-state index in [1.165, 1.54) is 0 Å². The molecular formula is C24H23N3O7. The standard InChI is InChI=1S/C24H23N3O7/c28-10-9-19(23(30)31)27-22(29)21-20(34-13-26-21)11-25-24(32)33-12-18-16-7-3-1-5-14(16)15-6-2-4-8-17(15)18/h1-8,13,18-19,28H,9-12H2,(H,25,32)(H,27,29)(H,30,31)/t19-/m0/s1. The van der Waals surface area contributed by atoms with Gasteiger partial charge in [-0.25, -0.2) is 14.6 Å². The minimum absolute atomic E-state index is 0.0409. The van der Waals surface area contributed by atoms with Crippen LogP contribution in [0.1, 0.15) is 39.7 Å². The lowest BCUT2D eigenvalue weighted by Gasteiger charge is -2.14. The number of hydrogen-bond donors (Lipinski definition) is 4. The zero-order chi connectivity index (χ0) is 24.1. The normalized spacial score (nSPS) is 13.0. The van der Waals surface area contributed by atoms with Crippen LogP contribution in [0.5, 0.6) is 0 Å². The quantitative estimate of drug-likeness (QED) is 0.376. The highest BCUT2D eigenvalue weighted by Crippen LogP contribution is 2.44. The van der Waals surface area contributed by atoms with Crippen molar-refractivity contribution in [2.75, 3.05) is 13.2 Å². The molecule has 0 radical (unpaired) electrons. The number of carboxylic acid groups (broad SMARTS) is 1. The molecule has 0 spiro atoms. The average Bonchev–Trinajstić information content (AvgIpc) is 3.44. The van der Waals surface area contributed by atoms with Gasteiger partial charge < -0.3 is 30.0 Å². The number of rotatable bonds is 9.